The molecule has 27 heavy (non-hydrogen) atoms. The van der Waals surface area contributed by atoms with Crippen LogP contribution in [0.3, 0.4) is 0 Å². The Balaban J connectivity index is 1.88. The number of thiophene rings is 1. The summed E-state index contributed by atoms with van der Waals surface area (Å²) in [6.45, 7) is 5.77. The molecule has 2 aromatic rings. The van der Waals surface area contributed by atoms with Crippen LogP contribution in [0.5, 0.6) is 11.5 Å². The molecule has 0 spiro atoms. The van der Waals surface area contributed by atoms with E-state index in [1.165, 1.54) is 11.3 Å². The Hall–Kier alpha value is -2.93. The van der Waals surface area contributed by atoms with Crippen molar-refractivity contribution < 1.29 is 23.8 Å². The Labute approximate surface area is 161 Å². The van der Waals surface area contributed by atoms with Gasteiger partial charge < -0.3 is 14.2 Å². The van der Waals surface area contributed by atoms with Crippen LogP contribution in [0.4, 0.5) is 0 Å². The summed E-state index contributed by atoms with van der Waals surface area (Å²) in [4.78, 5) is 29.0. The molecule has 0 atom stereocenters. The summed E-state index contributed by atoms with van der Waals surface area (Å²) in [7, 11) is 0. The number of nitrogens with zero attached hydrogens (tertiary/aromatic N) is 1. The summed E-state index contributed by atoms with van der Waals surface area (Å²) in [6, 6.07) is 8.77. The van der Waals surface area contributed by atoms with Gasteiger partial charge in [0.15, 0.2) is 17.2 Å². The standard InChI is InChI=1S/C20H19NO5S/c1-4-24-16-11-13(7-8-15(16)25-19(22)12(2)3)10-14-20(23)26-18(21-14)17-6-5-9-27-17/h5-12H,4H2,1-3H3/b14-10+. The molecule has 0 unspecified atom stereocenters. The highest BCUT2D eigenvalue weighted by Crippen LogP contribution is 2.31. The molecule has 6 nitrogen and oxygen atoms in total. The Morgan fingerprint density at radius 2 is 2.11 bits per heavy atom. The number of benzene rings is 1. The van der Waals surface area contributed by atoms with Gasteiger partial charge in [-0.1, -0.05) is 26.0 Å². The van der Waals surface area contributed by atoms with Crippen molar-refractivity contribution in [1.82, 2.24) is 0 Å². The van der Waals surface area contributed by atoms with Crippen molar-refractivity contribution in [3.05, 3.63) is 51.8 Å². The van der Waals surface area contributed by atoms with Crippen LogP contribution in [0, 0.1) is 5.92 Å². The monoisotopic (exact) mass is 385 g/mol. The largest absolute Gasteiger partial charge is 0.490 e. The maximum atomic E-state index is 12.1. The molecule has 1 aliphatic rings. The molecule has 0 N–H and O–H groups in total. The van der Waals surface area contributed by atoms with E-state index in [0.717, 1.165) is 4.88 Å². The van der Waals surface area contributed by atoms with Gasteiger partial charge in [-0.3, -0.25) is 4.79 Å². The van der Waals surface area contributed by atoms with Crippen molar-refractivity contribution in [1.29, 1.82) is 0 Å². The predicted octanol–water partition coefficient (Wildman–Crippen LogP) is 4.05. The molecule has 2 heterocycles. The van der Waals surface area contributed by atoms with E-state index in [-0.39, 0.29) is 17.6 Å². The normalized spacial score (nSPS) is 15.0. The van der Waals surface area contributed by atoms with E-state index in [0.29, 0.717) is 29.6 Å². The van der Waals surface area contributed by atoms with Crippen molar-refractivity contribution in [2.24, 2.45) is 10.9 Å². The minimum atomic E-state index is -0.508. The van der Waals surface area contributed by atoms with Crippen LogP contribution < -0.4 is 9.47 Å². The third-order valence-corrected chi connectivity index (χ3v) is 4.46. The number of hydrogen-bond donors (Lipinski definition) is 0. The van der Waals surface area contributed by atoms with Gasteiger partial charge in [-0.2, -0.15) is 0 Å². The zero-order valence-electron chi connectivity index (χ0n) is 15.2. The zero-order valence-corrected chi connectivity index (χ0v) is 16.0. The molecular weight excluding hydrogens is 366 g/mol. The number of ether oxygens (including phenoxy) is 3. The molecule has 140 valence electrons. The Bertz CT molecular complexity index is 912. The number of carbonyl (C=O) groups is 2. The van der Waals surface area contributed by atoms with E-state index in [9.17, 15) is 9.59 Å². The quantitative estimate of drug-likeness (QED) is 0.426. The van der Waals surface area contributed by atoms with Crippen LogP contribution in [0.1, 0.15) is 31.2 Å². The van der Waals surface area contributed by atoms with Gasteiger partial charge in [0.05, 0.1) is 17.4 Å². The highest BCUT2D eigenvalue weighted by molar-refractivity contribution is 7.12. The number of carbonyl (C=O) groups excluding carboxylic acids is 2. The van der Waals surface area contributed by atoms with Gasteiger partial charge in [-0.25, -0.2) is 9.79 Å². The first kappa shape index (κ1) is 18.8. The maximum absolute atomic E-state index is 12.1. The number of hydrogen-bond acceptors (Lipinski definition) is 7. The molecule has 0 saturated heterocycles. The second-order valence-electron chi connectivity index (χ2n) is 6.03. The Morgan fingerprint density at radius 1 is 1.30 bits per heavy atom. The average molecular weight is 385 g/mol. The van der Waals surface area contributed by atoms with Gasteiger partial charge in [-0.15, -0.1) is 11.3 Å². The predicted molar refractivity (Wildman–Crippen MR) is 103 cm³/mol. The van der Waals surface area contributed by atoms with Gasteiger partial charge >= 0.3 is 11.9 Å². The SMILES string of the molecule is CCOc1cc(/C=C2/N=C(c3cccs3)OC2=O)ccc1OC(=O)C(C)C. The topological polar surface area (TPSA) is 74.2 Å². The second-order valence-corrected chi connectivity index (χ2v) is 6.98. The molecule has 0 amide bonds. The van der Waals surface area contributed by atoms with Crippen molar-refractivity contribution in [2.75, 3.05) is 6.61 Å². The number of esters is 2. The van der Waals surface area contributed by atoms with Crippen LogP contribution >= 0.6 is 11.3 Å². The van der Waals surface area contributed by atoms with Crippen LogP contribution in [-0.4, -0.2) is 24.4 Å². The van der Waals surface area contributed by atoms with Gasteiger partial charge in [0.25, 0.3) is 0 Å². The van der Waals surface area contributed by atoms with Crippen LogP contribution in [0.25, 0.3) is 6.08 Å². The minimum Gasteiger partial charge on any atom is -0.490 e. The van der Waals surface area contributed by atoms with E-state index in [1.807, 2.05) is 24.4 Å². The average Bonchev–Trinajstić information content (AvgIpc) is 3.27. The van der Waals surface area contributed by atoms with Crippen LogP contribution in [-0.2, 0) is 14.3 Å². The Morgan fingerprint density at radius 3 is 2.78 bits per heavy atom. The summed E-state index contributed by atoms with van der Waals surface area (Å²) >= 11 is 1.45. The van der Waals surface area contributed by atoms with E-state index < -0.39 is 5.97 Å². The van der Waals surface area contributed by atoms with E-state index in [1.54, 1.807) is 38.1 Å². The highest BCUT2D eigenvalue weighted by atomic mass is 32.1. The zero-order chi connectivity index (χ0) is 19.4. The molecule has 1 aliphatic heterocycles. The lowest BCUT2D eigenvalue weighted by Gasteiger charge is -2.12. The lowest BCUT2D eigenvalue weighted by Crippen LogP contribution is -2.15. The molecule has 1 aromatic heterocycles. The van der Waals surface area contributed by atoms with Crippen molar-refractivity contribution in [2.45, 2.75) is 20.8 Å². The van der Waals surface area contributed by atoms with Gasteiger partial charge in [0.1, 0.15) is 0 Å². The van der Waals surface area contributed by atoms with E-state index in [2.05, 4.69) is 4.99 Å². The molecule has 3 rings (SSSR count). The fraction of sp³-hybridized carbons (Fsp3) is 0.250. The summed E-state index contributed by atoms with van der Waals surface area (Å²) in [5.74, 6) is -0.0317. The lowest BCUT2D eigenvalue weighted by molar-refractivity contribution is -0.138. The molecule has 0 fully saturated rings. The first-order valence-electron chi connectivity index (χ1n) is 8.53. The van der Waals surface area contributed by atoms with Crippen LogP contribution in [0.2, 0.25) is 0 Å². The van der Waals surface area contributed by atoms with E-state index >= 15 is 0 Å². The number of cyclic esters (lactones) is 1. The smallest absolute Gasteiger partial charge is 0.363 e. The van der Waals surface area contributed by atoms with Gasteiger partial charge in [0, 0.05) is 0 Å². The minimum absolute atomic E-state index is 0.202. The van der Waals surface area contributed by atoms with Crippen molar-refractivity contribution in [3.63, 3.8) is 0 Å². The molecule has 0 saturated carbocycles. The second kappa shape index (κ2) is 8.18. The molecular formula is C20H19NO5S. The fourth-order valence-electron chi connectivity index (χ4n) is 2.27. The summed E-state index contributed by atoms with van der Waals surface area (Å²) in [5, 5.41) is 1.89. The maximum Gasteiger partial charge on any atom is 0.363 e. The van der Waals surface area contributed by atoms with Crippen LogP contribution in [0.15, 0.2) is 46.4 Å². The first-order valence-corrected chi connectivity index (χ1v) is 9.41. The van der Waals surface area contributed by atoms with E-state index in [4.69, 9.17) is 14.2 Å². The highest BCUT2D eigenvalue weighted by Gasteiger charge is 2.25. The first-order chi connectivity index (χ1) is 13.0. The lowest BCUT2D eigenvalue weighted by atomic mass is 10.1. The molecule has 0 radical (unpaired) electrons. The fourth-order valence-corrected chi connectivity index (χ4v) is 2.91. The van der Waals surface area contributed by atoms with Gasteiger partial charge in [-0.05, 0) is 42.1 Å². The van der Waals surface area contributed by atoms with Gasteiger partial charge in [0.2, 0.25) is 5.90 Å². The molecule has 0 bridgehead atoms. The molecule has 0 aliphatic carbocycles. The molecule has 7 heteroatoms. The Kier molecular flexibility index (Phi) is 5.71. The van der Waals surface area contributed by atoms with Crippen molar-refractivity contribution >= 4 is 35.2 Å². The summed E-state index contributed by atoms with van der Waals surface area (Å²) in [6.07, 6.45) is 1.61. The van der Waals surface area contributed by atoms with Crippen molar-refractivity contribution in [3.8, 4) is 11.5 Å². The summed E-state index contributed by atoms with van der Waals surface area (Å²) < 4.78 is 16.2. The summed E-state index contributed by atoms with van der Waals surface area (Å²) in [5.41, 5.74) is 0.888. The third-order valence-electron chi connectivity index (χ3n) is 3.61. The number of rotatable bonds is 6. The molecule has 1 aromatic carbocycles. The third kappa shape index (κ3) is 4.43. The number of aliphatic imine (C=N–C) groups is 1.